The van der Waals surface area contributed by atoms with Crippen LogP contribution in [0.4, 0.5) is 16.2 Å². The second-order valence-corrected chi connectivity index (χ2v) is 7.18. The summed E-state index contributed by atoms with van der Waals surface area (Å²) in [5.74, 6) is -0.275. The molecule has 0 fully saturated rings. The summed E-state index contributed by atoms with van der Waals surface area (Å²) in [5.41, 5.74) is 1.92. The van der Waals surface area contributed by atoms with E-state index in [1.165, 1.54) is 0 Å². The first kappa shape index (κ1) is 19.2. The number of ether oxygens (including phenoxy) is 1. The van der Waals surface area contributed by atoms with Gasteiger partial charge in [-0.05, 0) is 63.2 Å². The Kier molecular flexibility index (Phi) is 5.44. The average molecular weight is 378 g/mol. The number of hydrogen-bond donors (Lipinski definition) is 2. The maximum absolute atomic E-state index is 12.5. The molecular weight excluding hydrogens is 356 g/mol. The predicted octanol–water partition coefficient (Wildman–Crippen LogP) is 4.47. The lowest BCUT2D eigenvalue weighted by atomic mass is 10.1. The van der Waals surface area contributed by atoms with Gasteiger partial charge in [0.1, 0.15) is 5.60 Å². The fraction of sp³-hybridized carbons (Fsp3) is 0.190. The second kappa shape index (κ2) is 7.96. The molecule has 7 nitrogen and oxygen atoms in total. The zero-order valence-electron chi connectivity index (χ0n) is 16.0. The van der Waals surface area contributed by atoms with Gasteiger partial charge in [-0.3, -0.25) is 10.1 Å². The summed E-state index contributed by atoms with van der Waals surface area (Å²) >= 11 is 0. The molecule has 2 amide bonds. The Labute approximate surface area is 163 Å². The number of nitrogens with one attached hydrogen (secondary N) is 2. The molecule has 1 aromatic heterocycles. The molecule has 0 aliphatic rings. The molecule has 28 heavy (non-hydrogen) atoms. The lowest BCUT2D eigenvalue weighted by Crippen LogP contribution is -2.27. The Morgan fingerprint density at radius 1 is 1.00 bits per heavy atom. The van der Waals surface area contributed by atoms with E-state index in [4.69, 9.17) is 4.74 Å². The highest BCUT2D eigenvalue weighted by Crippen LogP contribution is 2.17. The molecule has 144 valence electrons. The summed E-state index contributed by atoms with van der Waals surface area (Å²) in [5, 5.41) is 5.47. The molecule has 0 saturated heterocycles. The molecule has 3 rings (SSSR count). The van der Waals surface area contributed by atoms with Gasteiger partial charge in [0, 0.05) is 35.0 Å². The van der Waals surface area contributed by atoms with Crippen LogP contribution in [0.1, 0.15) is 31.1 Å². The molecule has 0 saturated carbocycles. The molecule has 0 spiro atoms. The lowest BCUT2D eigenvalue weighted by Gasteiger charge is -2.19. The Morgan fingerprint density at radius 2 is 1.75 bits per heavy atom. The van der Waals surface area contributed by atoms with Crippen LogP contribution in [-0.4, -0.2) is 27.2 Å². The Hall–Kier alpha value is -3.61. The van der Waals surface area contributed by atoms with E-state index in [1.807, 2.05) is 35.0 Å². The molecule has 0 aliphatic carbocycles. The van der Waals surface area contributed by atoms with E-state index in [1.54, 1.807) is 57.6 Å². The van der Waals surface area contributed by atoms with Crippen molar-refractivity contribution in [2.45, 2.75) is 26.4 Å². The number of rotatable bonds is 4. The Balaban J connectivity index is 1.65. The highest BCUT2D eigenvalue weighted by Gasteiger charge is 2.16. The van der Waals surface area contributed by atoms with Crippen LogP contribution in [0, 0.1) is 0 Å². The average Bonchev–Trinajstić information content (AvgIpc) is 3.15. The minimum absolute atomic E-state index is 0.275. The standard InChI is InChI=1S/C21H22N4O3/c1-21(2,3)28-20(27)24-17-6-4-5-15(13-17)19(26)23-16-7-9-18(10-8-16)25-12-11-22-14-25/h4-14H,1-3H3,(H,23,26)(H,24,27). The van der Waals surface area contributed by atoms with E-state index < -0.39 is 11.7 Å². The SMILES string of the molecule is CC(C)(C)OC(=O)Nc1cccc(C(=O)Nc2ccc(-n3ccnc3)cc2)c1. The summed E-state index contributed by atoms with van der Waals surface area (Å²) < 4.78 is 7.09. The van der Waals surface area contributed by atoms with Gasteiger partial charge in [-0.15, -0.1) is 0 Å². The van der Waals surface area contributed by atoms with Crippen LogP contribution < -0.4 is 10.6 Å². The number of benzene rings is 2. The first-order valence-corrected chi connectivity index (χ1v) is 8.80. The van der Waals surface area contributed by atoms with E-state index >= 15 is 0 Å². The third-order valence-corrected chi connectivity index (χ3v) is 3.70. The number of aromatic nitrogens is 2. The third-order valence-electron chi connectivity index (χ3n) is 3.70. The van der Waals surface area contributed by atoms with Crippen molar-refractivity contribution in [2.24, 2.45) is 0 Å². The van der Waals surface area contributed by atoms with Crippen LogP contribution in [0.2, 0.25) is 0 Å². The largest absolute Gasteiger partial charge is 0.444 e. The van der Waals surface area contributed by atoms with Gasteiger partial charge >= 0.3 is 6.09 Å². The molecule has 7 heteroatoms. The summed E-state index contributed by atoms with van der Waals surface area (Å²) in [7, 11) is 0. The second-order valence-electron chi connectivity index (χ2n) is 7.18. The number of nitrogens with zero attached hydrogens (tertiary/aromatic N) is 2. The van der Waals surface area contributed by atoms with E-state index in [-0.39, 0.29) is 5.91 Å². The van der Waals surface area contributed by atoms with Crippen molar-refractivity contribution in [3.05, 3.63) is 72.8 Å². The van der Waals surface area contributed by atoms with Gasteiger partial charge in [-0.2, -0.15) is 0 Å². The van der Waals surface area contributed by atoms with Gasteiger partial charge in [0.2, 0.25) is 0 Å². The maximum atomic E-state index is 12.5. The van der Waals surface area contributed by atoms with E-state index in [0.29, 0.717) is 16.9 Å². The van der Waals surface area contributed by atoms with E-state index in [0.717, 1.165) is 5.69 Å². The summed E-state index contributed by atoms with van der Waals surface area (Å²) in [6.07, 6.45) is 4.68. The van der Waals surface area contributed by atoms with Crippen LogP contribution in [-0.2, 0) is 4.74 Å². The summed E-state index contributed by atoms with van der Waals surface area (Å²) in [4.78, 5) is 28.4. The quantitative estimate of drug-likeness (QED) is 0.701. The molecule has 0 atom stereocenters. The van der Waals surface area contributed by atoms with Crippen LogP contribution in [0.25, 0.3) is 5.69 Å². The fourth-order valence-corrected chi connectivity index (χ4v) is 2.49. The van der Waals surface area contributed by atoms with Crippen molar-refractivity contribution in [1.29, 1.82) is 0 Å². The smallest absolute Gasteiger partial charge is 0.412 e. The van der Waals surface area contributed by atoms with Crippen LogP contribution in [0.15, 0.2) is 67.3 Å². The predicted molar refractivity (Wildman–Crippen MR) is 108 cm³/mol. The zero-order chi connectivity index (χ0) is 20.1. The highest BCUT2D eigenvalue weighted by molar-refractivity contribution is 6.05. The minimum Gasteiger partial charge on any atom is -0.444 e. The highest BCUT2D eigenvalue weighted by atomic mass is 16.6. The first-order valence-electron chi connectivity index (χ1n) is 8.80. The monoisotopic (exact) mass is 378 g/mol. The Morgan fingerprint density at radius 3 is 2.39 bits per heavy atom. The number of carbonyl (C=O) groups excluding carboxylic acids is 2. The molecule has 0 unspecified atom stereocenters. The maximum Gasteiger partial charge on any atom is 0.412 e. The number of anilines is 2. The van der Waals surface area contributed by atoms with Crippen molar-refractivity contribution < 1.29 is 14.3 Å². The molecule has 0 bridgehead atoms. The van der Waals surface area contributed by atoms with Crippen molar-refractivity contribution in [2.75, 3.05) is 10.6 Å². The van der Waals surface area contributed by atoms with Crippen LogP contribution in [0.5, 0.6) is 0 Å². The molecule has 0 aliphatic heterocycles. The normalized spacial score (nSPS) is 11.0. The topological polar surface area (TPSA) is 85.2 Å². The van der Waals surface area contributed by atoms with Gasteiger partial charge in [0.15, 0.2) is 0 Å². The van der Waals surface area contributed by atoms with Crippen molar-refractivity contribution in [1.82, 2.24) is 9.55 Å². The molecule has 2 aromatic carbocycles. The van der Waals surface area contributed by atoms with Crippen LogP contribution >= 0.6 is 0 Å². The van der Waals surface area contributed by atoms with Gasteiger partial charge in [-0.25, -0.2) is 9.78 Å². The van der Waals surface area contributed by atoms with Gasteiger partial charge in [0.25, 0.3) is 5.91 Å². The molecule has 3 aromatic rings. The third kappa shape index (κ3) is 5.20. The number of carbonyl (C=O) groups is 2. The Bertz CT molecular complexity index is 958. The fourth-order valence-electron chi connectivity index (χ4n) is 2.49. The number of amides is 2. The van der Waals surface area contributed by atoms with E-state index in [2.05, 4.69) is 15.6 Å². The first-order chi connectivity index (χ1) is 13.3. The summed E-state index contributed by atoms with van der Waals surface area (Å²) in [6, 6.07) is 14.1. The molecule has 1 heterocycles. The zero-order valence-corrected chi connectivity index (χ0v) is 16.0. The summed E-state index contributed by atoms with van der Waals surface area (Å²) in [6.45, 7) is 5.36. The molecule has 2 N–H and O–H groups in total. The molecular formula is C21H22N4O3. The van der Waals surface area contributed by atoms with Gasteiger partial charge in [0.05, 0.1) is 6.33 Å². The lowest BCUT2D eigenvalue weighted by molar-refractivity contribution is 0.0635. The number of imidazole rings is 1. The van der Waals surface area contributed by atoms with Crippen molar-refractivity contribution in [3.63, 3.8) is 0 Å². The van der Waals surface area contributed by atoms with Gasteiger partial charge in [-0.1, -0.05) is 6.07 Å². The van der Waals surface area contributed by atoms with Crippen molar-refractivity contribution >= 4 is 23.4 Å². The van der Waals surface area contributed by atoms with Gasteiger partial charge < -0.3 is 14.6 Å². The number of hydrogen-bond acceptors (Lipinski definition) is 4. The van der Waals surface area contributed by atoms with Crippen molar-refractivity contribution in [3.8, 4) is 5.69 Å². The van der Waals surface area contributed by atoms with Crippen LogP contribution in [0.3, 0.4) is 0 Å². The molecule has 0 radical (unpaired) electrons. The minimum atomic E-state index is -0.595. The van der Waals surface area contributed by atoms with E-state index in [9.17, 15) is 9.59 Å².